The van der Waals surface area contributed by atoms with Crippen molar-refractivity contribution in [2.24, 2.45) is 0 Å². The van der Waals surface area contributed by atoms with E-state index in [-0.39, 0.29) is 0 Å². The Balaban J connectivity index is 2.17. The number of hydrogen-bond donors (Lipinski definition) is 1. The topological polar surface area (TPSA) is 38.7 Å². The van der Waals surface area contributed by atoms with Gasteiger partial charge >= 0.3 is 0 Å². The van der Waals surface area contributed by atoms with Crippen molar-refractivity contribution in [1.82, 2.24) is 0 Å². The monoisotopic (exact) mass is 312 g/mol. The number of rotatable bonds is 0. The highest BCUT2D eigenvalue weighted by molar-refractivity contribution is 9.10. The summed E-state index contributed by atoms with van der Waals surface area (Å²) in [6, 6.07) is 1.98. The first-order valence-corrected chi connectivity index (χ1v) is 7.35. The van der Waals surface area contributed by atoms with Crippen LogP contribution in [0.5, 0.6) is 11.5 Å². The van der Waals surface area contributed by atoms with E-state index in [1.54, 1.807) is 0 Å². The van der Waals surface area contributed by atoms with E-state index in [0.717, 1.165) is 53.6 Å². The molecule has 98 valence electrons. The molecular weight excluding hydrogens is 296 g/mol. The Morgan fingerprint density at radius 1 is 1.17 bits per heavy atom. The highest BCUT2D eigenvalue weighted by atomic mass is 79.9. The van der Waals surface area contributed by atoms with Crippen molar-refractivity contribution in [2.45, 2.75) is 38.2 Å². The Labute approximate surface area is 115 Å². The summed E-state index contributed by atoms with van der Waals surface area (Å²) < 4.78 is 12.6. The van der Waals surface area contributed by atoms with Crippen LogP contribution < -0.4 is 9.47 Å². The minimum Gasteiger partial charge on any atom is -0.490 e. The quantitative estimate of drug-likeness (QED) is 0.746. The van der Waals surface area contributed by atoms with Crippen molar-refractivity contribution in [3.8, 4) is 11.5 Å². The first kappa shape index (κ1) is 12.3. The molecule has 1 heterocycles. The standard InChI is InChI=1S/C14H17BrO3/c15-10-8-12-14(18-7-3-6-17-12)13-9(10)4-1-2-5-11(13)16/h8,11,16H,1-7H2. The fraction of sp³-hybridized carbons (Fsp3) is 0.571. The minimum absolute atomic E-state index is 0.435. The maximum Gasteiger partial charge on any atom is 0.167 e. The van der Waals surface area contributed by atoms with Gasteiger partial charge in [0.05, 0.1) is 19.3 Å². The van der Waals surface area contributed by atoms with Crippen LogP contribution in [0.25, 0.3) is 0 Å². The van der Waals surface area contributed by atoms with E-state index in [9.17, 15) is 5.11 Å². The zero-order chi connectivity index (χ0) is 12.5. The van der Waals surface area contributed by atoms with E-state index < -0.39 is 6.10 Å². The van der Waals surface area contributed by atoms with Gasteiger partial charge in [0.1, 0.15) is 0 Å². The van der Waals surface area contributed by atoms with Gasteiger partial charge in [0.2, 0.25) is 0 Å². The summed E-state index contributed by atoms with van der Waals surface area (Å²) in [5.41, 5.74) is 2.13. The number of fused-ring (bicyclic) bond motifs is 3. The molecule has 3 nitrogen and oxygen atoms in total. The Kier molecular flexibility index (Phi) is 3.48. The van der Waals surface area contributed by atoms with Gasteiger partial charge in [-0.1, -0.05) is 22.4 Å². The molecule has 0 radical (unpaired) electrons. The highest BCUT2D eigenvalue weighted by Gasteiger charge is 2.27. The molecule has 1 aliphatic carbocycles. The summed E-state index contributed by atoms with van der Waals surface area (Å²) in [6.07, 6.45) is 4.41. The summed E-state index contributed by atoms with van der Waals surface area (Å²) in [7, 11) is 0. The Bertz CT molecular complexity index is 459. The zero-order valence-corrected chi connectivity index (χ0v) is 11.8. The van der Waals surface area contributed by atoms with Crippen LogP contribution in [0.3, 0.4) is 0 Å². The van der Waals surface area contributed by atoms with Gasteiger partial charge < -0.3 is 14.6 Å². The third kappa shape index (κ3) is 2.12. The number of hydrogen-bond acceptors (Lipinski definition) is 3. The van der Waals surface area contributed by atoms with Gasteiger partial charge in [0.15, 0.2) is 11.5 Å². The molecule has 2 aliphatic rings. The van der Waals surface area contributed by atoms with Gasteiger partial charge in [-0.25, -0.2) is 0 Å². The highest BCUT2D eigenvalue weighted by Crippen LogP contribution is 2.45. The molecule has 0 bridgehead atoms. The summed E-state index contributed by atoms with van der Waals surface area (Å²) in [5.74, 6) is 1.53. The number of halogens is 1. The largest absolute Gasteiger partial charge is 0.490 e. The summed E-state index contributed by atoms with van der Waals surface area (Å²) >= 11 is 3.60. The number of aliphatic hydroxyl groups excluding tert-OH is 1. The first-order chi connectivity index (χ1) is 8.77. The van der Waals surface area contributed by atoms with Crippen LogP contribution in [0.15, 0.2) is 10.5 Å². The summed E-state index contributed by atoms with van der Waals surface area (Å²) in [6.45, 7) is 1.34. The van der Waals surface area contributed by atoms with Crippen molar-refractivity contribution >= 4 is 15.9 Å². The summed E-state index contributed by atoms with van der Waals surface area (Å²) in [5, 5.41) is 10.4. The van der Waals surface area contributed by atoms with Crippen molar-refractivity contribution in [1.29, 1.82) is 0 Å². The second kappa shape index (κ2) is 5.10. The van der Waals surface area contributed by atoms with Gasteiger partial charge in [0, 0.05) is 16.5 Å². The zero-order valence-electron chi connectivity index (χ0n) is 10.2. The lowest BCUT2D eigenvalue weighted by Gasteiger charge is -2.19. The predicted octanol–water partition coefficient (Wildman–Crippen LogP) is 3.37. The number of aliphatic hydroxyl groups is 1. The Morgan fingerprint density at radius 3 is 2.89 bits per heavy atom. The smallest absolute Gasteiger partial charge is 0.167 e. The molecule has 4 heteroatoms. The first-order valence-electron chi connectivity index (χ1n) is 6.56. The molecule has 1 unspecified atom stereocenters. The van der Waals surface area contributed by atoms with Crippen LogP contribution in [-0.2, 0) is 6.42 Å². The third-order valence-electron chi connectivity index (χ3n) is 3.62. The van der Waals surface area contributed by atoms with Crippen molar-refractivity contribution in [3.05, 3.63) is 21.7 Å². The molecule has 1 aromatic rings. The second-order valence-corrected chi connectivity index (χ2v) is 5.74. The maximum absolute atomic E-state index is 10.4. The molecule has 0 amide bonds. The van der Waals surface area contributed by atoms with Crippen LogP contribution in [0.1, 0.15) is 42.9 Å². The fourth-order valence-electron chi connectivity index (χ4n) is 2.73. The normalized spacial score (nSPS) is 22.9. The van der Waals surface area contributed by atoms with Crippen LogP contribution in [0.2, 0.25) is 0 Å². The average molecular weight is 313 g/mol. The molecule has 0 saturated heterocycles. The van der Waals surface area contributed by atoms with Crippen molar-refractivity contribution in [2.75, 3.05) is 13.2 Å². The van der Waals surface area contributed by atoms with E-state index in [0.29, 0.717) is 13.2 Å². The van der Waals surface area contributed by atoms with E-state index in [4.69, 9.17) is 9.47 Å². The number of benzene rings is 1. The van der Waals surface area contributed by atoms with Gasteiger partial charge in [-0.15, -0.1) is 0 Å². The molecule has 0 fully saturated rings. The molecule has 1 aliphatic heterocycles. The molecule has 18 heavy (non-hydrogen) atoms. The van der Waals surface area contributed by atoms with Crippen LogP contribution >= 0.6 is 15.9 Å². The van der Waals surface area contributed by atoms with Crippen LogP contribution in [0.4, 0.5) is 0 Å². The lowest BCUT2D eigenvalue weighted by molar-refractivity contribution is 0.160. The minimum atomic E-state index is -0.435. The van der Waals surface area contributed by atoms with Gasteiger partial charge in [-0.3, -0.25) is 0 Å². The number of ether oxygens (including phenoxy) is 2. The van der Waals surface area contributed by atoms with E-state index >= 15 is 0 Å². The SMILES string of the molecule is OC1CCCCc2c(Br)cc3c(c21)OCCCO3. The summed E-state index contributed by atoms with van der Waals surface area (Å²) in [4.78, 5) is 0. The Morgan fingerprint density at radius 2 is 2.00 bits per heavy atom. The molecule has 0 spiro atoms. The van der Waals surface area contributed by atoms with Gasteiger partial charge in [0.25, 0.3) is 0 Å². The van der Waals surface area contributed by atoms with Gasteiger partial charge in [-0.2, -0.15) is 0 Å². The second-order valence-electron chi connectivity index (χ2n) is 4.89. The molecular formula is C14H17BrO3. The molecule has 1 N–H and O–H groups in total. The van der Waals surface area contributed by atoms with Crippen molar-refractivity contribution in [3.63, 3.8) is 0 Å². The lowest BCUT2D eigenvalue weighted by atomic mass is 9.99. The molecule has 3 rings (SSSR count). The average Bonchev–Trinajstić information content (AvgIpc) is 2.68. The van der Waals surface area contributed by atoms with Gasteiger partial charge in [-0.05, 0) is 30.9 Å². The fourth-order valence-corrected chi connectivity index (χ4v) is 3.35. The molecule has 0 aromatic heterocycles. The molecule has 1 atom stereocenters. The third-order valence-corrected chi connectivity index (χ3v) is 4.33. The predicted molar refractivity (Wildman–Crippen MR) is 72.3 cm³/mol. The van der Waals surface area contributed by atoms with E-state index in [1.807, 2.05) is 6.07 Å². The van der Waals surface area contributed by atoms with E-state index in [2.05, 4.69) is 15.9 Å². The van der Waals surface area contributed by atoms with E-state index in [1.165, 1.54) is 5.56 Å². The van der Waals surface area contributed by atoms with Crippen LogP contribution in [0, 0.1) is 0 Å². The van der Waals surface area contributed by atoms with Crippen LogP contribution in [-0.4, -0.2) is 18.3 Å². The van der Waals surface area contributed by atoms with Crippen molar-refractivity contribution < 1.29 is 14.6 Å². The lowest BCUT2D eigenvalue weighted by Crippen LogP contribution is -2.05. The maximum atomic E-state index is 10.4. The Hall–Kier alpha value is -0.740. The molecule has 1 aromatic carbocycles. The molecule has 0 saturated carbocycles.